The van der Waals surface area contributed by atoms with Gasteiger partial charge in [-0.2, -0.15) is 0 Å². The number of aryl methyl sites for hydroxylation is 1. The Labute approximate surface area is 82.1 Å². The molecule has 0 aliphatic heterocycles. The second kappa shape index (κ2) is 3.45. The van der Waals surface area contributed by atoms with Crippen molar-refractivity contribution >= 4 is 33.2 Å². The van der Waals surface area contributed by atoms with Crippen LogP contribution in [0.1, 0.15) is 15.2 Å². The van der Waals surface area contributed by atoms with Crippen molar-refractivity contribution in [3.63, 3.8) is 0 Å². The zero-order valence-corrected chi connectivity index (χ0v) is 8.95. The van der Waals surface area contributed by atoms with Crippen LogP contribution in [0.25, 0.3) is 0 Å². The van der Waals surface area contributed by atoms with Crippen molar-refractivity contribution < 1.29 is 14.6 Å². The molecule has 0 aromatic carbocycles. The number of halogens is 1. The molecule has 0 amide bonds. The number of hydrogen-bond acceptors (Lipinski definition) is 3. The molecule has 0 saturated carbocycles. The Hall–Kier alpha value is -0.550. The second-order valence-electron chi connectivity index (χ2n) is 2.15. The third-order valence-electron chi connectivity index (χ3n) is 1.42. The minimum atomic E-state index is -0.952. The van der Waals surface area contributed by atoms with Gasteiger partial charge in [0, 0.05) is 4.88 Å². The van der Waals surface area contributed by atoms with Gasteiger partial charge in [0.05, 0.1) is 7.11 Å². The van der Waals surface area contributed by atoms with Gasteiger partial charge >= 0.3 is 5.97 Å². The number of carbonyl (C=O) groups is 1. The van der Waals surface area contributed by atoms with Gasteiger partial charge in [-0.25, -0.2) is 4.79 Å². The maximum Gasteiger partial charge on any atom is 0.340 e. The zero-order chi connectivity index (χ0) is 9.30. The summed E-state index contributed by atoms with van der Waals surface area (Å²) < 4.78 is 5.66. The molecule has 1 aromatic heterocycles. The highest BCUT2D eigenvalue weighted by atomic mass is 79.9. The van der Waals surface area contributed by atoms with Gasteiger partial charge in [0.25, 0.3) is 0 Å². The van der Waals surface area contributed by atoms with Crippen LogP contribution in [-0.2, 0) is 0 Å². The standard InChI is InChI=1S/C7H7BrO3S/c1-3-4(7(9)10)5(11-2)6(8)12-3/h1-2H3,(H,9,10). The molecule has 3 nitrogen and oxygen atoms in total. The van der Waals surface area contributed by atoms with Crippen molar-refractivity contribution in [2.75, 3.05) is 7.11 Å². The number of aromatic carboxylic acids is 1. The van der Waals surface area contributed by atoms with Crippen LogP contribution in [0.15, 0.2) is 3.79 Å². The van der Waals surface area contributed by atoms with Gasteiger partial charge in [-0.15, -0.1) is 11.3 Å². The molecule has 0 unspecified atom stereocenters. The van der Waals surface area contributed by atoms with Crippen LogP contribution in [0, 0.1) is 6.92 Å². The van der Waals surface area contributed by atoms with Crippen molar-refractivity contribution in [2.45, 2.75) is 6.92 Å². The van der Waals surface area contributed by atoms with E-state index in [9.17, 15) is 4.79 Å². The minimum Gasteiger partial charge on any atom is -0.494 e. The van der Waals surface area contributed by atoms with Crippen LogP contribution >= 0.6 is 27.3 Å². The lowest BCUT2D eigenvalue weighted by molar-refractivity contribution is 0.0693. The normalized spacial score (nSPS) is 9.92. The van der Waals surface area contributed by atoms with E-state index in [-0.39, 0.29) is 5.56 Å². The third kappa shape index (κ3) is 1.47. The molecule has 0 radical (unpaired) electrons. The Morgan fingerprint density at radius 3 is 2.58 bits per heavy atom. The topological polar surface area (TPSA) is 46.5 Å². The predicted octanol–water partition coefficient (Wildman–Crippen LogP) is 2.53. The molecule has 0 aliphatic rings. The molecule has 0 spiro atoms. The van der Waals surface area contributed by atoms with Gasteiger partial charge in [0.2, 0.25) is 0 Å². The second-order valence-corrected chi connectivity index (χ2v) is 4.69. The number of rotatable bonds is 2. The highest BCUT2D eigenvalue weighted by molar-refractivity contribution is 9.11. The molecule has 66 valence electrons. The fourth-order valence-corrected chi connectivity index (χ4v) is 2.84. The molecule has 0 saturated heterocycles. The van der Waals surface area contributed by atoms with Gasteiger partial charge in [0.15, 0.2) is 5.75 Å². The molecule has 0 aliphatic carbocycles. The van der Waals surface area contributed by atoms with E-state index in [0.717, 1.165) is 8.66 Å². The van der Waals surface area contributed by atoms with E-state index in [4.69, 9.17) is 9.84 Å². The van der Waals surface area contributed by atoms with E-state index < -0.39 is 5.97 Å². The van der Waals surface area contributed by atoms with Crippen LogP contribution in [0.5, 0.6) is 5.75 Å². The maximum atomic E-state index is 10.7. The Bertz CT molecular complexity index is 319. The summed E-state index contributed by atoms with van der Waals surface area (Å²) in [5, 5.41) is 8.80. The summed E-state index contributed by atoms with van der Waals surface area (Å²) in [4.78, 5) is 11.5. The van der Waals surface area contributed by atoms with E-state index in [1.54, 1.807) is 6.92 Å². The first-order valence-corrected chi connectivity index (χ1v) is 4.75. The molecule has 0 fully saturated rings. The summed E-state index contributed by atoms with van der Waals surface area (Å²) in [6.45, 7) is 1.75. The minimum absolute atomic E-state index is 0.245. The molecule has 1 aromatic rings. The molecule has 1 N–H and O–H groups in total. The van der Waals surface area contributed by atoms with Gasteiger partial charge in [0.1, 0.15) is 9.35 Å². The summed E-state index contributed by atoms with van der Waals surface area (Å²) >= 11 is 4.59. The quantitative estimate of drug-likeness (QED) is 0.878. The average molecular weight is 251 g/mol. The first-order chi connectivity index (χ1) is 5.57. The van der Waals surface area contributed by atoms with E-state index in [1.807, 2.05) is 0 Å². The summed E-state index contributed by atoms with van der Waals surface area (Å²) in [6, 6.07) is 0. The van der Waals surface area contributed by atoms with Crippen molar-refractivity contribution in [2.24, 2.45) is 0 Å². The molecule has 1 rings (SSSR count). The fourth-order valence-electron chi connectivity index (χ4n) is 0.920. The highest BCUT2D eigenvalue weighted by Crippen LogP contribution is 2.38. The molecule has 0 atom stereocenters. The Kier molecular flexibility index (Phi) is 2.74. The lowest BCUT2D eigenvalue weighted by Gasteiger charge is -1.98. The van der Waals surface area contributed by atoms with Gasteiger partial charge in [-0.05, 0) is 22.9 Å². The Morgan fingerprint density at radius 1 is 1.67 bits per heavy atom. The number of carboxylic acid groups (broad SMARTS) is 1. The van der Waals surface area contributed by atoms with Gasteiger partial charge < -0.3 is 9.84 Å². The van der Waals surface area contributed by atoms with E-state index >= 15 is 0 Å². The van der Waals surface area contributed by atoms with Crippen LogP contribution in [0.2, 0.25) is 0 Å². The largest absolute Gasteiger partial charge is 0.494 e. The Balaban J connectivity index is 3.32. The average Bonchev–Trinajstić information content (AvgIpc) is 2.24. The molecular formula is C7H7BrO3S. The van der Waals surface area contributed by atoms with Crippen LogP contribution < -0.4 is 4.74 Å². The SMILES string of the molecule is COc1c(Br)sc(C)c1C(=O)O. The van der Waals surface area contributed by atoms with Crippen molar-refractivity contribution in [3.8, 4) is 5.75 Å². The predicted molar refractivity (Wildman–Crippen MR) is 50.3 cm³/mol. The molecular weight excluding hydrogens is 244 g/mol. The van der Waals surface area contributed by atoms with E-state index in [0.29, 0.717) is 5.75 Å². The van der Waals surface area contributed by atoms with Crippen LogP contribution in [-0.4, -0.2) is 18.2 Å². The summed E-state index contributed by atoms with van der Waals surface area (Å²) in [6.07, 6.45) is 0. The molecule has 5 heteroatoms. The molecule has 1 heterocycles. The number of hydrogen-bond donors (Lipinski definition) is 1. The Morgan fingerprint density at radius 2 is 2.25 bits per heavy atom. The van der Waals surface area contributed by atoms with Crippen molar-refractivity contribution in [1.29, 1.82) is 0 Å². The number of thiophene rings is 1. The molecule has 12 heavy (non-hydrogen) atoms. The number of carboxylic acids is 1. The van der Waals surface area contributed by atoms with Crippen LogP contribution in [0.4, 0.5) is 0 Å². The molecule has 0 bridgehead atoms. The maximum absolute atomic E-state index is 10.7. The van der Waals surface area contributed by atoms with Crippen molar-refractivity contribution in [3.05, 3.63) is 14.2 Å². The summed E-state index contributed by atoms with van der Waals surface area (Å²) in [7, 11) is 1.46. The van der Waals surface area contributed by atoms with Crippen LogP contribution in [0.3, 0.4) is 0 Å². The number of methoxy groups -OCH3 is 1. The summed E-state index contributed by atoms with van der Waals surface area (Å²) in [5.74, 6) is -0.545. The smallest absolute Gasteiger partial charge is 0.340 e. The van der Waals surface area contributed by atoms with E-state index in [1.165, 1.54) is 18.4 Å². The first-order valence-electron chi connectivity index (χ1n) is 3.14. The van der Waals surface area contributed by atoms with Crippen molar-refractivity contribution in [1.82, 2.24) is 0 Å². The van der Waals surface area contributed by atoms with E-state index in [2.05, 4.69) is 15.9 Å². The lowest BCUT2D eigenvalue weighted by atomic mass is 10.2. The third-order valence-corrected chi connectivity index (χ3v) is 3.14. The highest BCUT2D eigenvalue weighted by Gasteiger charge is 2.20. The lowest BCUT2D eigenvalue weighted by Crippen LogP contribution is -1.99. The summed E-state index contributed by atoms with van der Waals surface area (Å²) in [5.41, 5.74) is 0.245. The fraction of sp³-hybridized carbons (Fsp3) is 0.286. The van der Waals surface area contributed by atoms with Gasteiger partial charge in [-0.3, -0.25) is 0 Å². The zero-order valence-electron chi connectivity index (χ0n) is 6.55. The van der Waals surface area contributed by atoms with Gasteiger partial charge in [-0.1, -0.05) is 0 Å². The first kappa shape index (κ1) is 9.54. The monoisotopic (exact) mass is 250 g/mol. The number of ether oxygens (including phenoxy) is 1.